The first-order chi connectivity index (χ1) is 15.1. The van der Waals surface area contributed by atoms with Gasteiger partial charge in [0.25, 0.3) is 0 Å². The number of likely N-dealkylation sites (tertiary alicyclic amines) is 1. The Balaban J connectivity index is 0.00000289. The molecule has 1 atom stereocenters. The molecule has 0 radical (unpaired) electrons. The molecule has 1 aliphatic heterocycles. The second-order valence-electron chi connectivity index (χ2n) is 8.04. The summed E-state index contributed by atoms with van der Waals surface area (Å²) in [5.74, 6) is 1.36. The van der Waals surface area contributed by atoms with Crippen molar-refractivity contribution in [1.29, 1.82) is 0 Å². The van der Waals surface area contributed by atoms with Gasteiger partial charge >= 0.3 is 0 Å². The van der Waals surface area contributed by atoms with Gasteiger partial charge in [0.1, 0.15) is 5.82 Å². The average molecular weight is 551 g/mol. The van der Waals surface area contributed by atoms with Gasteiger partial charge in [-0.2, -0.15) is 10.2 Å². The zero-order valence-electron chi connectivity index (χ0n) is 18.6. The maximum atomic E-state index is 13.1. The summed E-state index contributed by atoms with van der Waals surface area (Å²) in [4.78, 5) is 7.21. The monoisotopic (exact) mass is 551 g/mol. The third kappa shape index (κ3) is 6.30. The van der Waals surface area contributed by atoms with Gasteiger partial charge in [0.2, 0.25) is 0 Å². The van der Waals surface area contributed by atoms with Gasteiger partial charge in [-0.3, -0.25) is 9.67 Å². The van der Waals surface area contributed by atoms with Crippen LogP contribution in [0.3, 0.4) is 0 Å². The minimum atomic E-state index is -0.244. The van der Waals surface area contributed by atoms with E-state index < -0.39 is 0 Å². The van der Waals surface area contributed by atoms with E-state index in [1.807, 2.05) is 30.2 Å². The molecule has 172 valence electrons. The lowest BCUT2D eigenvalue weighted by molar-refractivity contribution is 0.460. The minimum Gasteiger partial charge on any atom is -0.357 e. The highest BCUT2D eigenvalue weighted by Crippen LogP contribution is 2.20. The molecule has 1 saturated heterocycles. The Morgan fingerprint density at radius 2 is 2.06 bits per heavy atom. The van der Waals surface area contributed by atoms with Crippen LogP contribution >= 0.6 is 24.0 Å². The Hall–Kier alpha value is -2.43. The number of nitrogens with one attached hydrogen (secondary N) is 1. The van der Waals surface area contributed by atoms with E-state index in [0.717, 1.165) is 49.8 Å². The molecule has 0 aliphatic carbocycles. The summed E-state index contributed by atoms with van der Waals surface area (Å²) < 4.78 is 16.8. The highest BCUT2D eigenvalue weighted by atomic mass is 127. The molecular weight excluding hydrogens is 520 g/mol. The molecule has 3 aromatic rings. The third-order valence-electron chi connectivity index (χ3n) is 5.57. The van der Waals surface area contributed by atoms with E-state index in [2.05, 4.69) is 33.5 Å². The Morgan fingerprint density at radius 1 is 1.25 bits per heavy atom. The molecule has 1 unspecified atom stereocenters. The van der Waals surface area contributed by atoms with Crippen LogP contribution in [-0.2, 0) is 19.9 Å². The number of rotatable bonds is 7. The fourth-order valence-electron chi connectivity index (χ4n) is 4.04. The Kier molecular flexibility index (Phi) is 8.66. The summed E-state index contributed by atoms with van der Waals surface area (Å²) in [6.45, 7) is 5.66. The van der Waals surface area contributed by atoms with Crippen LogP contribution in [0.25, 0.3) is 5.69 Å². The number of hydrogen-bond donors (Lipinski definition) is 1. The van der Waals surface area contributed by atoms with Crippen LogP contribution < -0.4 is 5.32 Å². The van der Waals surface area contributed by atoms with Gasteiger partial charge < -0.3 is 10.2 Å². The molecule has 0 spiro atoms. The van der Waals surface area contributed by atoms with Gasteiger partial charge in [-0.25, -0.2) is 9.07 Å². The van der Waals surface area contributed by atoms with Crippen LogP contribution in [0.2, 0.25) is 0 Å². The van der Waals surface area contributed by atoms with Crippen LogP contribution in [0.5, 0.6) is 0 Å². The number of aryl methyl sites for hydroxylation is 1. The molecule has 1 fully saturated rings. The molecule has 1 N–H and O–H groups in total. The van der Waals surface area contributed by atoms with Crippen molar-refractivity contribution in [3.63, 3.8) is 0 Å². The van der Waals surface area contributed by atoms with Crippen molar-refractivity contribution in [1.82, 2.24) is 29.8 Å². The van der Waals surface area contributed by atoms with Crippen molar-refractivity contribution in [2.45, 2.75) is 26.2 Å². The molecule has 3 heterocycles. The fraction of sp³-hybridized carbons (Fsp3) is 0.435. The second kappa shape index (κ2) is 11.4. The summed E-state index contributed by atoms with van der Waals surface area (Å²) in [6.07, 6.45) is 8.96. The van der Waals surface area contributed by atoms with Crippen LogP contribution in [0, 0.1) is 11.7 Å². The van der Waals surface area contributed by atoms with E-state index >= 15 is 0 Å². The summed E-state index contributed by atoms with van der Waals surface area (Å²) >= 11 is 0. The number of halogens is 2. The quantitative estimate of drug-likeness (QED) is 0.278. The molecule has 0 bridgehead atoms. The summed E-state index contributed by atoms with van der Waals surface area (Å²) in [5, 5.41) is 12.3. The predicted octanol–water partition coefficient (Wildman–Crippen LogP) is 3.44. The van der Waals surface area contributed by atoms with Crippen LogP contribution in [0.4, 0.5) is 4.39 Å². The molecule has 7 nitrogen and oxygen atoms in total. The molecule has 32 heavy (non-hydrogen) atoms. The number of aliphatic imine (C=N–C) groups is 1. The lowest BCUT2D eigenvalue weighted by Crippen LogP contribution is -2.40. The average Bonchev–Trinajstić information content (AvgIpc) is 3.50. The van der Waals surface area contributed by atoms with Crippen LogP contribution in [-0.4, -0.2) is 56.6 Å². The molecule has 1 aliphatic rings. The van der Waals surface area contributed by atoms with Crippen molar-refractivity contribution in [2.24, 2.45) is 18.0 Å². The summed E-state index contributed by atoms with van der Waals surface area (Å²) in [5.41, 5.74) is 3.12. The minimum absolute atomic E-state index is 0. The zero-order chi connectivity index (χ0) is 21.6. The fourth-order valence-corrected chi connectivity index (χ4v) is 4.04. The number of nitrogens with zero attached hydrogens (tertiary/aromatic N) is 6. The Morgan fingerprint density at radius 3 is 2.78 bits per heavy atom. The molecule has 0 amide bonds. The summed E-state index contributed by atoms with van der Waals surface area (Å²) in [7, 11) is 1.96. The van der Waals surface area contributed by atoms with E-state index in [1.165, 1.54) is 24.1 Å². The molecule has 0 saturated carbocycles. The number of guanidine groups is 1. The topological polar surface area (TPSA) is 63.3 Å². The van der Waals surface area contributed by atoms with Gasteiger partial charge in [-0.05, 0) is 61.6 Å². The Bertz CT molecular complexity index is 1010. The van der Waals surface area contributed by atoms with Crippen molar-refractivity contribution in [3.8, 4) is 5.69 Å². The lowest BCUT2D eigenvalue weighted by atomic mass is 10.0. The molecule has 4 rings (SSSR count). The first kappa shape index (κ1) is 24.2. The lowest BCUT2D eigenvalue weighted by Gasteiger charge is -2.21. The van der Waals surface area contributed by atoms with Crippen molar-refractivity contribution in [2.75, 3.05) is 26.2 Å². The maximum Gasteiger partial charge on any atom is 0.193 e. The first-order valence-corrected chi connectivity index (χ1v) is 10.9. The van der Waals surface area contributed by atoms with Crippen molar-refractivity contribution < 1.29 is 4.39 Å². The van der Waals surface area contributed by atoms with Crippen molar-refractivity contribution in [3.05, 3.63) is 66.0 Å². The first-order valence-electron chi connectivity index (χ1n) is 10.9. The highest BCUT2D eigenvalue weighted by Gasteiger charge is 2.25. The Labute approximate surface area is 205 Å². The largest absolute Gasteiger partial charge is 0.357 e. The molecule has 1 aromatic carbocycles. The van der Waals surface area contributed by atoms with Crippen molar-refractivity contribution >= 4 is 29.9 Å². The highest BCUT2D eigenvalue weighted by molar-refractivity contribution is 14.0. The maximum absolute atomic E-state index is 13.1. The number of aromatic nitrogens is 4. The van der Waals surface area contributed by atoms with E-state index in [1.54, 1.807) is 16.8 Å². The van der Waals surface area contributed by atoms with E-state index in [4.69, 9.17) is 4.99 Å². The van der Waals surface area contributed by atoms with Crippen LogP contribution in [0.1, 0.15) is 24.6 Å². The molecule has 9 heteroatoms. The normalized spacial score (nSPS) is 16.3. The standard InChI is InChI=1S/C23H30FN7.HI/c1-3-25-23(30-12-9-18(17-30)14-19-15-27-29(2)16-19)26-11-8-21-10-13-31(28-21)22-6-4-20(24)5-7-22;/h4-7,10,13,15-16,18H,3,8-9,11-12,14,17H2,1-2H3,(H,25,26);1H. The van der Waals surface area contributed by atoms with Gasteiger partial charge in [0, 0.05) is 52.0 Å². The molecular formula is C23H31FIN7. The van der Waals surface area contributed by atoms with Crippen LogP contribution in [0.15, 0.2) is 53.9 Å². The van der Waals surface area contributed by atoms with Gasteiger partial charge in [0.05, 0.1) is 17.6 Å². The zero-order valence-corrected chi connectivity index (χ0v) is 20.9. The smallest absolute Gasteiger partial charge is 0.193 e. The molecule has 2 aromatic heterocycles. The predicted molar refractivity (Wildman–Crippen MR) is 135 cm³/mol. The number of hydrogen-bond acceptors (Lipinski definition) is 3. The van der Waals surface area contributed by atoms with E-state index in [-0.39, 0.29) is 29.8 Å². The van der Waals surface area contributed by atoms with E-state index in [0.29, 0.717) is 12.5 Å². The second-order valence-corrected chi connectivity index (χ2v) is 8.04. The van der Waals surface area contributed by atoms with Gasteiger partial charge in [-0.15, -0.1) is 24.0 Å². The SMILES string of the molecule is CCNC(=NCCc1ccn(-c2ccc(F)cc2)n1)N1CCC(Cc2cnn(C)c2)C1.I. The third-order valence-corrected chi connectivity index (χ3v) is 5.57. The van der Waals surface area contributed by atoms with E-state index in [9.17, 15) is 4.39 Å². The van der Waals surface area contributed by atoms with Gasteiger partial charge in [0.15, 0.2) is 5.96 Å². The summed E-state index contributed by atoms with van der Waals surface area (Å²) in [6, 6.07) is 8.33. The van der Waals surface area contributed by atoms with Gasteiger partial charge in [-0.1, -0.05) is 0 Å². The number of benzene rings is 1.